The predicted octanol–water partition coefficient (Wildman–Crippen LogP) is 3.32. The van der Waals surface area contributed by atoms with Crippen LogP contribution in [0, 0.1) is 0 Å². The van der Waals surface area contributed by atoms with Gasteiger partial charge in [-0.3, -0.25) is 0 Å². The van der Waals surface area contributed by atoms with Crippen LogP contribution in [0.1, 0.15) is 19.3 Å². The largest absolute Gasteiger partial charge is 0.391 e. The van der Waals surface area contributed by atoms with Gasteiger partial charge in [-0.25, -0.2) is 0 Å². The van der Waals surface area contributed by atoms with Crippen LogP contribution in [0.5, 0.6) is 0 Å². The van der Waals surface area contributed by atoms with Crippen molar-refractivity contribution in [2.45, 2.75) is 31.4 Å². The van der Waals surface area contributed by atoms with Crippen molar-refractivity contribution in [3.05, 3.63) is 28.2 Å². The van der Waals surface area contributed by atoms with Crippen LogP contribution in [0.25, 0.3) is 0 Å². The summed E-state index contributed by atoms with van der Waals surface area (Å²) in [5.74, 6) is 0. The number of hydrogen-bond donors (Lipinski definition) is 2. The summed E-state index contributed by atoms with van der Waals surface area (Å²) in [4.78, 5) is 0. The van der Waals surface area contributed by atoms with Crippen molar-refractivity contribution in [3.63, 3.8) is 0 Å². The Morgan fingerprint density at radius 1 is 1.27 bits per heavy atom. The van der Waals surface area contributed by atoms with E-state index in [0.29, 0.717) is 10.0 Å². The number of hydrogen-bond acceptors (Lipinski definition) is 2. The second-order valence-electron chi connectivity index (χ2n) is 3.87. The minimum absolute atomic E-state index is 0.115. The summed E-state index contributed by atoms with van der Waals surface area (Å²) in [6.45, 7) is 0. The lowest BCUT2D eigenvalue weighted by atomic mass is 10.2. The predicted molar refractivity (Wildman–Crippen MR) is 63.7 cm³/mol. The Kier molecular flexibility index (Phi) is 3.39. The van der Waals surface area contributed by atoms with E-state index in [9.17, 15) is 5.11 Å². The topological polar surface area (TPSA) is 32.3 Å². The first-order chi connectivity index (χ1) is 7.16. The minimum Gasteiger partial charge on any atom is -0.391 e. The SMILES string of the molecule is OC1CCCC1Nc1ccc(Cl)cc1Cl. The highest BCUT2D eigenvalue weighted by Gasteiger charge is 2.25. The molecule has 0 radical (unpaired) electrons. The summed E-state index contributed by atoms with van der Waals surface area (Å²) in [6, 6.07) is 5.45. The van der Waals surface area contributed by atoms with Gasteiger partial charge < -0.3 is 10.4 Å². The molecule has 0 bridgehead atoms. The first-order valence-corrected chi connectivity index (χ1v) is 5.82. The fourth-order valence-electron chi connectivity index (χ4n) is 1.92. The van der Waals surface area contributed by atoms with Crippen molar-refractivity contribution >= 4 is 28.9 Å². The summed E-state index contributed by atoms with van der Waals surface area (Å²) in [7, 11) is 0. The zero-order chi connectivity index (χ0) is 10.8. The van der Waals surface area contributed by atoms with Crippen LogP contribution in [0.15, 0.2) is 18.2 Å². The van der Waals surface area contributed by atoms with Crippen LogP contribution < -0.4 is 5.32 Å². The molecule has 2 unspecified atom stereocenters. The van der Waals surface area contributed by atoms with Crippen molar-refractivity contribution in [2.24, 2.45) is 0 Å². The van der Waals surface area contributed by atoms with Crippen molar-refractivity contribution in [1.82, 2.24) is 0 Å². The van der Waals surface area contributed by atoms with E-state index in [1.165, 1.54) is 0 Å². The fourth-order valence-corrected chi connectivity index (χ4v) is 2.38. The van der Waals surface area contributed by atoms with Crippen molar-refractivity contribution in [1.29, 1.82) is 0 Å². The third-order valence-electron chi connectivity index (χ3n) is 2.75. The molecule has 4 heteroatoms. The van der Waals surface area contributed by atoms with E-state index in [-0.39, 0.29) is 12.1 Å². The van der Waals surface area contributed by atoms with Crippen LogP contribution in [-0.4, -0.2) is 17.3 Å². The van der Waals surface area contributed by atoms with Gasteiger partial charge >= 0.3 is 0 Å². The molecular formula is C11H13Cl2NO. The molecule has 1 fully saturated rings. The molecule has 2 atom stereocenters. The maximum Gasteiger partial charge on any atom is 0.0741 e. The summed E-state index contributed by atoms with van der Waals surface area (Å²) in [5.41, 5.74) is 0.840. The van der Waals surface area contributed by atoms with Crippen LogP contribution >= 0.6 is 23.2 Å². The average molecular weight is 246 g/mol. The Balaban J connectivity index is 2.10. The van der Waals surface area contributed by atoms with Gasteiger partial charge in [0.1, 0.15) is 0 Å². The quantitative estimate of drug-likeness (QED) is 0.838. The molecule has 1 aliphatic carbocycles. The Hall–Kier alpha value is -0.440. The van der Waals surface area contributed by atoms with E-state index in [2.05, 4.69) is 5.32 Å². The molecule has 1 saturated carbocycles. The number of halogens is 2. The zero-order valence-electron chi connectivity index (χ0n) is 8.21. The smallest absolute Gasteiger partial charge is 0.0741 e. The molecular weight excluding hydrogens is 233 g/mol. The highest BCUT2D eigenvalue weighted by Crippen LogP contribution is 2.29. The molecule has 82 valence electrons. The van der Waals surface area contributed by atoms with Gasteiger partial charge in [-0.1, -0.05) is 23.2 Å². The van der Waals surface area contributed by atoms with E-state index >= 15 is 0 Å². The van der Waals surface area contributed by atoms with Gasteiger partial charge in [-0.05, 0) is 37.5 Å². The molecule has 1 aromatic carbocycles. The Bertz CT molecular complexity index is 356. The number of benzene rings is 1. The molecule has 2 N–H and O–H groups in total. The molecule has 2 rings (SSSR count). The van der Waals surface area contributed by atoms with Crippen LogP contribution in [0.3, 0.4) is 0 Å². The standard InChI is InChI=1S/C11H13Cl2NO/c12-7-4-5-9(8(13)6-7)14-10-2-1-3-11(10)15/h4-6,10-11,14-15H,1-3H2. The van der Waals surface area contributed by atoms with Gasteiger partial charge in [0.25, 0.3) is 0 Å². The summed E-state index contributed by atoms with van der Waals surface area (Å²) >= 11 is 11.8. The second kappa shape index (κ2) is 4.60. The van der Waals surface area contributed by atoms with Gasteiger partial charge in [-0.15, -0.1) is 0 Å². The molecule has 0 amide bonds. The van der Waals surface area contributed by atoms with Crippen LogP contribution in [-0.2, 0) is 0 Å². The molecule has 0 aliphatic heterocycles. The summed E-state index contributed by atoms with van der Waals surface area (Å²) in [6.07, 6.45) is 2.64. The molecule has 1 aliphatic rings. The number of anilines is 1. The fraction of sp³-hybridized carbons (Fsp3) is 0.455. The third kappa shape index (κ3) is 2.57. The molecule has 15 heavy (non-hydrogen) atoms. The Morgan fingerprint density at radius 3 is 2.67 bits per heavy atom. The van der Waals surface area contributed by atoms with Gasteiger partial charge in [0.15, 0.2) is 0 Å². The number of nitrogens with one attached hydrogen (secondary N) is 1. The van der Waals surface area contributed by atoms with E-state index < -0.39 is 0 Å². The Labute approximate surface area is 99.2 Å². The molecule has 1 aromatic rings. The Morgan fingerprint density at radius 2 is 2.07 bits per heavy atom. The van der Waals surface area contributed by atoms with Crippen molar-refractivity contribution < 1.29 is 5.11 Å². The molecule has 0 aromatic heterocycles. The van der Waals surface area contributed by atoms with E-state index in [4.69, 9.17) is 23.2 Å². The van der Waals surface area contributed by atoms with E-state index in [0.717, 1.165) is 24.9 Å². The van der Waals surface area contributed by atoms with Gasteiger partial charge in [0.05, 0.1) is 22.9 Å². The van der Waals surface area contributed by atoms with Crippen molar-refractivity contribution in [3.8, 4) is 0 Å². The van der Waals surface area contributed by atoms with Crippen molar-refractivity contribution in [2.75, 3.05) is 5.32 Å². The van der Waals surface area contributed by atoms with E-state index in [1.807, 2.05) is 6.07 Å². The summed E-state index contributed by atoms with van der Waals surface area (Å²) < 4.78 is 0. The third-order valence-corrected chi connectivity index (χ3v) is 3.30. The minimum atomic E-state index is -0.267. The maximum absolute atomic E-state index is 9.66. The normalized spacial score (nSPS) is 25.5. The maximum atomic E-state index is 9.66. The molecule has 0 spiro atoms. The lowest BCUT2D eigenvalue weighted by Crippen LogP contribution is -2.27. The number of rotatable bonds is 2. The second-order valence-corrected chi connectivity index (χ2v) is 4.72. The van der Waals surface area contributed by atoms with Gasteiger partial charge in [-0.2, -0.15) is 0 Å². The highest BCUT2D eigenvalue weighted by atomic mass is 35.5. The zero-order valence-corrected chi connectivity index (χ0v) is 9.72. The molecule has 0 heterocycles. The monoisotopic (exact) mass is 245 g/mol. The average Bonchev–Trinajstić information content (AvgIpc) is 2.57. The molecule has 2 nitrogen and oxygen atoms in total. The lowest BCUT2D eigenvalue weighted by molar-refractivity contribution is 0.172. The van der Waals surface area contributed by atoms with Crippen LogP contribution in [0.4, 0.5) is 5.69 Å². The first kappa shape index (κ1) is 11.1. The first-order valence-electron chi connectivity index (χ1n) is 5.06. The molecule has 0 saturated heterocycles. The van der Waals surface area contributed by atoms with Crippen LogP contribution in [0.2, 0.25) is 10.0 Å². The lowest BCUT2D eigenvalue weighted by Gasteiger charge is -2.18. The number of aliphatic hydroxyl groups is 1. The highest BCUT2D eigenvalue weighted by molar-refractivity contribution is 6.36. The summed E-state index contributed by atoms with van der Waals surface area (Å²) in [5, 5.41) is 14.1. The number of aliphatic hydroxyl groups excluding tert-OH is 1. The van der Waals surface area contributed by atoms with Gasteiger partial charge in [0, 0.05) is 5.02 Å². The van der Waals surface area contributed by atoms with E-state index in [1.54, 1.807) is 12.1 Å². The van der Waals surface area contributed by atoms with Gasteiger partial charge in [0.2, 0.25) is 0 Å².